The van der Waals surface area contributed by atoms with Crippen molar-refractivity contribution in [3.63, 3.8) is 0 Å². The predicted molar refractivity (Wildman–Crippen MR) is 101 cm³/mol. The van der Waals surface area contributed by atoms with Gasteiger partial charge in [-0.05, 0) is 25.0 Å². The summed E-state index contributed by atoms with van der Waals surface area (Å²) in [6.07, 6.45) is 3.70. The van der Waals surface area contributed by atoms with E-state index in [0.717, 1.165) is 11.8 Å². The lowest BCUT2D eigenvalue weighted by atomic mass is 10.2. The third kappa shape index (κ3) is 4.90. The molecule has 0 unspecified atom stereocenters. The maximum absolute atomic E-state index is 2.47. The molecule has 22 heavy (non-hydrogen) atoms. The molecule has 1 aromatic carbocycles. The minimum absolute atomic E-state index is 0.559. The van der Waals surface area contributed by atoms with E-state index in [-0.39, 0.29) is 0 Å². The average Bonchev–Trinajstić information content (AvgIpc) is 2.75. The summed E-state index contributed by atoms with van der Waals surface area (Å²) in [6.45, 7) is 13.0. The highest BCUT2D eigenvalue weighted by Gasteiger charge is 2.19. The van der Waals surface area contributed by atoms with E-state index in [9.17, 15) is 0 Å². The molecule has 0 atom stereocenters. The zero-order chi connectivity index (χ0) is 16.1. The van der Waals surface area contributed by atoms with Crippen molar-refractivity contribution in [1.29, 1.82) is 0 Å². The average molecular weight is 313 g/mol. The highest BCUT2D eigenvalue weighted by Crippen LogP contribution is 2.23. The molecular formula is C20H32AlN. The Morgan fingerprint density at radius 1 is 1.00 bits per heavy atom. The fourth-order valence-corrected chi connectivity index (χ4v) is 7.92. The first-order valence-electron chi connectivity index (χ1n) is 9.01. The summed E-state index contributed by atoms with van der Waals surface area (Å²) in [6, 6.07) is 8.82. The molecule has 1 aromatic heterocycles. The number of para-hydroxylation sites is 1. The summed E-state index contributed by atoms with van der Waals surface area (Å²) in [5.41, 5.74) is 2.82. The van der Waals surface area contributed by atoms with Gasteiger partial charge in [-0.25, -0.2) is 0 Å². The Bertz CT molecular complexity index is 572. The number of fused-ring (bicyclic) bond motifs is 1. The Morgan fingerprint density at radius 2 is 1.64 bits per heavy atom. The van der Waals surface area contributed by atoms with Crippen molar-refractivity contribution in [2.75, 3.05) is 0 Å². The van der Waals surface area contributed by atoms with Crippen LogP contribution in [-0.4, -0.2) is 18.7 Å². The normalized spacial score (nSPS) is 11.8. The third-order valence-corrected chi connectivity index (χ3v) is 9.05. The van der Waals surface area contributed by atoms with Gasteiger partial charge in [0.15, 0.2) is 0 Å². The first-order chi connectivity index (χ1) is 10.5. The fraction of sp³-hybridized carbons (Fsp3) is 0.600. The van der Waals surface area contributed by atoms with Gasteiger partial charge in [-0.15, -0.1) is 0 Å². The Labute approximate surface area is 141 Å². The summed E-state index contributed by atoms with van der Waals surface area (Å²) in [7, 11) is 0. The van der Waals surface area contributed by atoms with E-state index in [0.29, 0.717) is 0 Å². The summed E-state index contributed by atoms with van der Waals surface area (Å²) in [4.78, 5) is 0. The highest BCUT2D eigenvalue weighted by molar-refractivity contribution is 6.58. The number of benzene rings is 1. The first-order valence-corrected chi connectivity index (χ1v) is 11.5. The molecule has 0 N–H and O–H groups in total. The molecule has 0 aliphatic rings. The first kappa shape index (κ1) is 17.6. The van der Waals surface area contributed by atoms with Crippen molar-refractivity contribution in [2.45, 2.75) is 63.4 Å². The molecule has 0 saturated heterocycles. The number of hydrogen-bond donors (Lipinski definition) is 0. The topological polar surface area (TPSA) is 4.93 Å². The second-order valence-electron chi connectivity index (χ2n) is 7.79. The van der Waals surface area contributed by atoms with Crippen LogP contribution < -0.4 is 0 Å². The number of aryl methyl sites for hydroxylation is 2. The molecular weight excluding hydrogens is 281 g/mol. The minimum Gasteiger partial charge on any atom is -0.347 e. The molecule has 0 fully saturated rings. The summed E-state index contributed by atoms with van der Waals surface area (Å²) in [5, 5.41) is 5.95. The molecule has 1 nitrogen and oxygen atoms in total. The van der Waals surface area contributed by atoms with Gasteiger partial charge in [0.25, 0.3) is 14.1 Å². The molecule has 120 valence electrons. The van der Waals surface area contributed by atoms with Gasteiger partial charge in [-0.1, -0.05) is 73.6 Å². The van der Waals surface area contributed by atoms with Crippen LogP contribution in [0.2, 0.25) is 15.8 Å². The van der Waals surface area contributed by atoms with E-state index in [1.165, 1.54) is 45.3 Å². The number of hydrogen-bond acceptors (Lipinski definition) is 0. The van der Waals surface area contributed by atoms with Crippen LogP contribution >= 0.6 is 0 Å². The van der Waals surface area contributed by atoms with Crippen LogP contribution in [0, 0.1) is 18.8 Å². The van der Waals surface area contributed by atoms with Crippen LogP contribution in [0.5, 0.6) is 0 Å². The van der Waals surface area contributed by atoms with Crippen molar-refractivity contribution in [3.05, 3.63) is 36.0 Å². The van der Waals surface area contributed by atoms with Gasteiger partial charge in [0.1, 0.15) is 0 Å². The lowest BCUT2D eigenvalue weighted by Gasteiger charge is -2.16. The van der Waals surface area contributed by atoms with Crippen molar-refractivity contribution in [1.82, 2.24) is 4.57 Å². The van der Waals surface area contributed by atoms with Crippen molar-refractivity contribution in [3.8, 4) is 0 Å². The fourth-order valence-electron chi connectivity index (χ4n) is 3.83. The summed E-state index contributed by atoms with van der Waals surface area (Å²) in [5.74, 6) is 1.76. The largest absolute Gasteiger partial charge is 0.347 e. The van der Waals surface area contributed by atoms with Gasteiger partial charge in [0.05, 0.1) is 0 Å². The number of nitrogens with zero attached hydrogens (tertiary/aromatic N) is 1. The third-order valence-electron chi connectivity index (χ3n) is 4.61. The second-order valence-corrected chi connectivity index (χ2v) is 11.0. The van der Waals surface area contributed by atoms with Gasteiger partial charge in [-0.2, -0.15) is 0 Å². The summed E-state index contributed by atoms with van der Waals surface area (Å²) >= 11 is -0.559. The van der Waals surface area contributed by atoms with E-state index in [4.69, 9.17) is 0 Å². The molecule has 0 aliphatic carbocycles. The molecule has 2 heteroatoms. The van der Waals surface area contributed by atoms with Crippen molar-refractivity contribution >= 4 is 25.1 Å². The van der Waals surface area contributed by atoms with Crippen LogP contribution in [0.1, 0.15) is 39.7 Å². The zero-order valence-electron chi connectivity index (χ0n) is 15.1. The maximum Gasteiger partial charge on any atom is 0.262 e. The van der Waals surface area contributed by atoms with Crippen LogP contribution in [0.3, 0.4) is 0 Å². The predicted octanol–water partition coefficient (Wildman–Crippen LogP) is 6.15. The quantitative estimate of drug-likeness (QED) is 0.515. The molecule has 2 aromatic rings. The van der Waals surface area contributed by atoms with Crippen molar-refractivity contribution < 1.29 is 0 Å². The Morgan fingerprint density at radius 3 is 2.27 bits per heavy atom. The number of aromatic nitrogens is 1. The van der Waals surface area contributed by atoms with Crippen LogP contribution in [0.25, 0.3) is 10.9 Å². The lowest BCUT2D eigenvalue weighted by Crippen LogP contribution is -2.18. The smallest absolute Gasteiger partial charge is 0.262 e. The van der Waals surface area contributed by atoms with Crippen molar-refractivity contribution in [2.24, 2.45) is 11.8 Å². The molecule has 2 rings (SSSR count). The van der Waals surface area contributed by atoms with Crippen LogP contribution in [-0.2, 0) is 6.54 Å². The van der Waals surface area contributed by atoms with Gasteiger partial charge in [-0.3, -0.25) is 0 Å². The van der Waals surface area contributed by atoms with E-state index < -0.39 is 14.1 Å². The maximum atomic E-state index is 2.47. The molecule has 0 saturated carbocycles. The molecule has 0 radical (unpaired) electrons. The van der Waals surface area contributed by atoms with Gasteiger partial charge in [0.2, 0.25) is 0 Å². The Hall–Kier alpha value is -0.708. The minimum atomic E-state index is -0.559. The molecule has 0 bridgehead atoms. The Kier molecular flexibility index (Phi) is 6.60. The highest BCUT2D eigenvalue weighted by atomic mass is 27.2. The van der Waals surface area contributed by atoms with Gasteiger partial charge in [0, 0.05) is 23.6 Å². The monoisotopic (exact) mass is 313 g/mol. The molecule has 0 spiro atoms. The zero-order valence-corrected chi connectivity index (χ0v) is 16.3. The molecule has 1 heterocycles. The Balaban J connectivity index is 1.95. The van der Waals surface area contributed by atoms with E-state index in [1.807, 2.05) is 0 Å². The van der Waals surface area contributed by atoms with E-state index in [2.05, 4.69) is 69.6 Å². The number of rotatable bonds is 8. The van der Waals surface area contributed by atoms with Gasteiger partial charge < -0.3 is 4.57 Å². The SMILES string of the molecule is Cc1cn(CC[CH2][Al]([CH2]C(C)C)[CH2]C(C)C)c2ccccc12. The van der Waals surface area contributed by atoms with Crippen LogP contribution in [0.15, 0.2) is 30.5 Å². The van der Waals surface area contributed by atoms with E-state index >= 15 is 0 Å². The van der Waals surface area contributed by atoms with Gasteiger partial charge >= 0.3 is 0 Å². The van der Waals surface area contributed by atoms with Crippen LogP contribution in [0.4, 0.5) is 0 Å². The summed E-state index contributed by atoms with van der Waals surface area (Å²) < 4.78 is 2.47. The molecule has 0 aliphatic heterocycles. The molecule has 0 amide bonds. The second kappa shape index (κ2) is 8.23. The standard InChI is InChI=1S/C12H14N.2C4H9.Al/c1-3-8-13-9-10(2)11-6-4-5-7-12(11)13;2*1-4(2)3;/h4-7,9H,1,3,8H2,2H3;2*4H,1H2,2-3H3;. The lowest BCUT2D eigenvalue weighted by molar-refractivity contribution is 0.663. The van der Waals surface area contributed by atoms with E-state index in [1.54, 1.807) is 0 Å².